The molecule has 0 fully saturated rings. The Morgan fingerprint density at radius 1 is 0.733 bits per heavy atom. The summed E-state index contributed by atoms with van der Waals surface area (Å²) in [4.78, 5) is 46.1. The Labute approximate surface area is 188 Å². The first kappa shape index (κ1) is 28.5. The minimum atomic E-state index is -1.13. The molecule has 0 aliphatic heterocycles. The van der Waals surface area contributed by atoms with Crippen LogP contribution in [-0.2, 0) is 19.1 Å². The second kappa shape index (κ2) is 13.0. The van der Waals surface area contributed by atoms with Crippen LogP contribution in [0.15, 0.2) is 0 Å². The van der Waals surface area contributed by atoms with Gasteiger partial charge >= 0.3 is 188 Å². The molecule has 10 nitrogen and oxygen atoms in total. The van der Waals surface area contributed by atoms with E-state index in [0.29, 0.717) is 10.6 Å². The van der Waals surface area contributed by atoms with E-state index in [0.717, 1.165) is 0 Å². The number of amides is 2. The molecule has 0 spiro atoms. The summed E-state index contributed by atoms with van der Waals surface area (Å²) in [6.07, 6.45) is -1.00. The Morgan fingerprint density at radius 2 is 1.03 bits per heavy atom. The summed E-state index contributed by atoms with van der Waals surface area (Å²) in [7, 11) is 0. The van der Waals surface area contributed by atoms with Crippen LogP contribution in [0.3, 0.4) is 0 Å². The molecular formula is C18H32N2O8Se2. The van der Waals surface area contributed by atoms with Crippen LogP contribution in [0.4, 0.5) is 9.59 Å². The average Bonchev–Trinajstić information content (AvgIpc) is 2.51. The first-order valence-electron chi connectivity index (χ1n) is 9.30. The zero-order valence-corrected chi connectivity index (χ0v) is 21.6. The van der Waals surface area contributed by atoms with Gasteiger partial charge in [-0.25, -0.2) is 0 Å². The van der Waals surface area contributed by atoms with Crippen molar-refractivity contribution in [1.29, 1.82) is 0 Å². The summed E-state index contributed by atoms with van der Waals surface area (Å²) in [6.45, 7) is 10.1. The van der Waals surface area contributed by atoms with Gasteiger partial charge in [0.1, 0.15) is 0 Å². The molecule has 0 saturated carbocycles. The quantitative estimate of drug-likeness (QED) is 0.220. The maximum atomic E-state index is 11.7. The van der Waals surface area contributed by atoms with E-state index in [1.165, 1.54) is 0 Å². The van der Waals surface area contributed by atoms with Gasteiger partial charge in [0.2, 0.25) is 0 Å². The molecule has 4 N–H and O–H groups in total. The summed E-state index contributed by atoms with van der Waals surface area (Å²) >= 11 is 0.260. The summed E-state index contributed by atoms with van der Waals surface area (Å²) < 4.78 is 10.1. The Bertz CT molecular complexity index is 550. The molecule has 0 aliphatic carbocycles. The molecule has 0 unspecified atom stereocenters. The number of ether oxygens (including phenoxy) is 2. The fraction of sp³-hybridized carbons (Fsp3) is 0.778. The standard InChI is InChI=1S/C18H32N2O8Se2/c1-17(2,3)27-15(25)19-11(13(21)22)7-9-29-30-10-8-12(14(23)24)20-16(26)28-18(4,5)6/h11-12H,7-10H2,1-6H3,(H,19,25)(H,20,26)(H,21,22)(H,23,24)/t11-,12-/m0/s1. The van der Waals surface area contributed by atoms with Crippen molar-refractivity contribution in [3.05, 3.63) is 0 Å². The van der Waals surface area contributed by atoms with Crippen LogP contribution in [0.25, 0.3) is 0 Å². The summed E-state index contributed by atoms with van der Waals surface area (Å²) in [5, 5.41) is 24.4. The Kier molecular flexibility index (Phi) is 12.4. The van der Waals surface area contributed by atoms with Crippen LogP contribution in [0.5, 0.6) is 0 Å². The maximum absolute atomic E-state index is 11.7. The predicted molar refractivity (Wildman–Crippen MR) is 112 cm³/mol. The van der Waals surface area contributed by atoms with Crippen molar-refractivity contribution in [3.63, 3.8) is 0 Å². The SMILES string of the molecule is CC(C)(C)OC(=O)N[C@@H](CC[Se][Se]CC[C@H](NC(=O)OC(C)(C)C)C(=O)O)C(=O)O. The van der Waals surface area contributed by atoms with Crippen molar-refractivity contribution < 1.29 is 38.9 Å². The zero-order valence-electron chi connectivity index (χ0n) is 18.1. The third-order valence-electron chi connectivity index (χ3n) is 3.04. The number of carboxylic acid groups (broad SMARTS) is 2. The van der Waals surface area contributed by atoms with Crippen LogP contribution in [0.1, 0.15) is 54.4 Å². The first-order chi connectivity index (χ1) is 13.6. The Morgan fingerprint density at radius 3 is 1.27 bits per heavy atom. The fourth-order valence-electron chi connectivity index (χ4n) is 1.86. The molecule has 174 valence electrons. The van der Waals surface area contributed by atoms with E-state index in [-0.39, 0.29) is 39.1 Å². The molecule has 12 heteroatoms. The van der Waals surface area contributed by atoms with Gasteiger partial charge in [0.15, 0.2) is 0 Å². The summed E-state index contributed by atoms with van der Waals surface area (Å²) in [5.41, 5.74) is -1.43. The van der Waals surface area contributed by atoms with Crippen LogP contribution >= 0.6 is 0 Å². The number of carbonyl (C=O) groups is 4. The number of alkyl carbamates (subject to hydrolysis) is 2. The normalized spacial score (nSPS) is 13.7. The van der Waals surface area contributed by atoms with Gasteiger partial charge in [0.25, 0.3) is 0 Å². The van der Waals surface area contributed by atoms with E-state index in [9.17, 15) is 29.4 Å². The van der Waals surface area contributed by atoms with Gasteiger partial charge in [0.05, 0.1) is 0 Å². The van der Waals surface area contributed by atoms with E-state index in [4.69, 9.17) is 9.47 Å². The van der Waals surface area contributed by atoms with Crippen LogP contribution in [0, 0.1) is 0 Å². The molecule has 0 heterocycles. The number of aliphatic carboxylic acids is 2. The van der Waals surface area contributed by atoms with Crippen molar-refractivity contribution in [1.82, 2.24) is 10.6 Å². The Balaban J connectivity index is 4.28. The molecule has 30 heavy (non-hydrogen) atoms. The van der Waals surface area contributed by atoms with Gasteiger partial charge in [0, 0.05) is 0 Å². The Hall–Kier alpha value is -1.48. The van der Waals surface area contributed by atoms with Crippen molar-refractivity contribution in [2.45, 2.75) is 88.3 Å². The fourth-order valence-corrected chi connectivity index (χ4v) is 8.42. The molecule has 0 bridgehead atoms. The zero-order chi connectivity index (χ0) is 23.5. The topological polar surface area (TPSA) is 151 Å². The first-order valence-corrected chi connectivity index (χ1v) is 16.1. The molecule has 0 aromatic carbocycles. The third-order valence-corrected chi connectivity index (χ3v) is 10.5. The monoisotopic (exact) mass is 564 g/mol. The van der Waals surface area contributed by atoms with Gasteiger partial charge < -0.3 is 0 Å². The van der Waals surface area contributed by atoms with Gasteiger partial charge in [-0.05, 0) is 0 Å². The second-order valence-corrected chi connectivity index (χ2v) is 16.1. The number of carboxylic acids is 2. The third kappa shape index (κ3) is 15.4. The van der Waals surface area contributed by atoms with Crippen molar-refractivity contribution in [2.24, 2.45) is 0 Å². The van der Waals surface area contributed by atoms with Crippen LogP contribution in [-0.4, -0.2) is 83.9 Å². The van der Waals surface area contributed by atoms with Crippen molar-refractivity contribution in [3.8, 4) is 0 Å². The number of hydrogen-bond acceptors (Lipinski definition) is 6. The van der Waals surface area contributed by atoms with Gasteiger partial charge in [-0.1, -0.05) is 0 Å². The molecule has 0 rings (SSSR count). The van der Waals surface area contributed by atoms with Crippen LogP contribution < -0.4 is 10.6 Å². The number of rotatable bonds is 11. The molecule has 2 atom stereocenters. The van der Waals surface area contributed by atoms with E-state index in [1.54, 1.807) is 41.5 Å². The average molecular weight is 562 g/mol. The van der Waals surface area contributed by atoms with Crippen LogP contribution in [0.2, 0.25) is 10.6 Å². The number of carbonyl (C=O) groups excluding carboxylic acids is 2. The van der Waals surface area contributed by atoms with E-state index in [2.05, 4.69) is 10.6 Å². The molecule has 2 amide bonds. The molecule has 0 aromatic rings. The summed E-state index contributed by atoms with van der Waals surface area (Å²) in [5.74, 6) is -2.26. The second-order valence-electron chi connectivity index (χ2n) is 8.30. The van der Waals surface area contributed by atoms with E-state index < -0.39 is 47.4 Å². The molecular weight excluding hydrogens is 530 g/mol. The van der Waals surface area contributed by atoms with E-state index >= 15 is 0 Å². The molecule has 0 aliphatic rings. The van der Waals surface area contributed by atoms with Gasteiger partial charge in [-0.3, -0.25) is 0 Å². The predicted octanol–water partition coefficient (Wildman–Crippen LogP) is 1.88. The van der Waals surface area contributed by atoms with Gasteiger partial charge in [-0.15, -0.1) is 0 Å². The molecule has 0 aromatic heterocycles. The summed E-state index contributed by atoms with van der Waals surface area (Å²) in [6, 6.07) is -2.06. The van der Waals surface area contributed by atoms with E-state index in [1.807, 2.05) is 0 Å². The number of nitrogens with one attached hydrogen (secondary N) is 2. The minimum absolute atomic E-state index is 0.130. The van der Waals surface area contributed by atoms with Crippen molar-refractivity contribution in [2.75, 3.05) is 0 Å². The van der Waals surface area contributed by atoms with Crippen molar-refractivity contribution >= 4 is 50.4 Å². The van der Waals surface area contributed by atoms with Gasteiger partial charge in [-0.2, -0.15) is 0 Å². The molecule has 0 radical (unpaired) electrons. The molecule has 0 saturated heterocycles. The number of hydrogen-bond donors (Lipinski definition) is 4.